The van der Waals surface area contributed by atoms with Crippen LogP contribution >= 0.6 is 0 Å². The van der Waals surface area contributed by atoms with E-state index in [4.69, 9.17) is 0 Å². The summed E-state index contributed by atoms with van der Waals surface area (Å²) >= 11 is 0. The second kappa shape index (κ2) is 9.16. The van der Waals surface area contributed by atoms with Crippen LogP contribution in [0.4, 0.5) is 5.69 Å². The third kappa shape index (κ3) is 6.53. The van der Waals surface area contributed by atoms with E-state index in [2.05, 4.69) is 28.8 Å². The molecule has 0 spiro atoms. The number of hydrogen-bond acceptors (Lipinski definition) is 3. The van der Waals surface area contributed by atoms with Gasteiger partial charge in [-0.15, -0.1) is 0 Å². The van der Waals surface area contributed by atoms with Gasteiger partial charge in [0, 0.05) is 30.2 Å². The van der Waals surface area contributed by atoms with Crippen molar-refractivity contribution in [2.24, 2.45) is 11.0 Å². The van der Waals surface area contributed by atoms with Crippen LogP contribution in [0.25, 0.3) is 0 Å². The fourth-order valence-electron chi connectivity index (χ4n) is 2.82. The molecule has 2 amide bonds. The Kier molecular flexibility index (Phi) is 6.92. The molecule has 0 radical (unpaired) electrons. The molecule has 5 heteroatoms. The lowest BCUT2D eigenvalue weighted by molar-refractivity contribution is -0.124. The molecule has 2 N–H and O–H groups in total. The first-order valence-corrected chi connectivity index (χ1v) is 8.79. The minimum Gasteiger partial charge on any atom is -0.326 e. The molecule has 1 atom stereocenters. The van der Waals surface area contributed by atoms with Crippen molar-refractivity contribution in [1.29, 1.82) is 0 Å². The summed E-state index contributed by atoms with van der Waals surface area (Å²) in [5, 5.41) is 7.00. The zero-order valence-corrected chi connectivity index (χ0v) is 15.3. The predicted octanol–water partition coefficient (Wildman–Crippen LogP) is 3.95. The standard InChI is InChI=1S/C20H27N3O2/c1-14-7-9-17(10-8-14)16(3)22-23-20(25)12-11-19(24)21-18-6-4-5-15(2)13-18/h4-7,13,17H,8-12H2,1-3H3,(H,21,24)(H,23,25)/b22-16+/t17-/m0/s1. The smallest absolute Gasteiger partial charge is 0.240 e. The second-order valence-corrected chi connectivity index (χ2v) is 6.73. The highest BCUT2D eigenvalue weighted by molar-refractivity contribution is 5.93. The largest absolute Gasteiger partial charge is 0.326 e. The molecule has 134 valence electrons. The highest BCUT2D eigenvalue weighted by Crippen LogP contribution is 2.24. The quantitative estimate of drug-likeness (QED) is 0.467. The molecule has 1 aliphatic rings. The van der Waals surface area contributed by atoms with E-state index in [0.29, 0.717) is 5.92 Å². The van der Waals surface area contributed by atoms with Crippen molar-refractivity contribution in [2.75, 3.05) is 5.32 Å². The number of anilines is 1. The maximum atomic E-state index is 11.9. The van der Waals surface area contributed by atoms with Crippen molar-refractivity contribution in [3.05, 3.63) is 41.5 Å². The monoisotopic (exact) mass is 341 g/mol. The Morgan fingerprint density at radius 3 is 2.64 bits per heavy atom. The Morgan fingerprint density at radius 1 is 1.20 bits per heavy atom. The van der Waals surface area contributed by atoms with Crippen molar-refractivity contribution < 1.29 is 9.59 Å². The summed E-state index contributed by atoms with van der Waals surface area (Å²) in [7, 11) is 0. The summed E-state index contributed by atoms with van der Waals surface area (Å²) in [6.45, 7) is 6.06. The minimum absolute atomic E-state index is 0.123. The summed E-state index contributed by atoms with van der Waals surface area (Å²) in [5.41, 5.74) is 6.76. The van der Waals surface area contributed by atoms with Gasteiger partial charge in [0.1, 0.15) is 0 Å². The average molecular weight is 341 g/mol. The Hall–Kier alpha value is -2.43. The van der Waals surface area contributed by atoms with E-state index in [-0.39, 0.29) is 24.7 Å². The third-order valence-corrected chi connectivity index (χ3v) is 4.47. The van der Waals surface area contributed by atoms with E-state index >= 15 is 0 Å². The first kappa shape index (κ1) is 18.9. The van der Waals surface area contributed by atoms with Crippen LogP contribution in [0.1, 0.15) is 51.5 Å². The number of nitrogens with zero attached hydrogens (tertiary/aromatic N) is 1. The molecule has 1 aliphatic carbocycles. The Bertz CT molecular complexity index is 692. The van der Waals surface area contributed by atoms with Crippen LogP contribution in [0.5, 0.6) is 0 Å². The predicted molar refractivity (Wildman–Crippen MR) is 101 cm³/mol. The number of hydrazone groups is 1. The molecular weight excluding hydrogens is 314 g/mol. The summed E-state index contributed by atoms with van der Waals surface area (Å²) < 4.78 is 0. The average Bonchev–Trinajstić information content (AvgIpc) is 2.58. The fourth-order valence-corrected chi connectivity index (χ4v) is 2.82. The molecule has 5 nitrogen and oxygen atoms in total. The van der Waals surface area contributed by atoms with Crippen molar-refractivity contribution >= 4 is 23.2 Å². The number of carbonyl (C=O) groups is 2. The van der Waals surface area contributed by atoms with Crippen LogP contribution in [0.15, 0.2) is 41.0 Å². The van der Waals surface area contributed by atoms with Crippen molar-refractivity contribution in [3.63, 3.8) is 0 Å². The Balaban J connectivity index is 1.73. The molecule has 0 aliphatic heterocycles. The first-order valence-electron chi connectivity index (χ1n) is 8.79. The van der Waals surface area contributed by atoms with E-state index in [1.807, 2.05) is 38.1 Å². The molecule has 0 heterocycles. The zero-order valence-electron chi connectivity index (χ0n) is 15.3. The molecule has 0 saturated heterocycles. The van der Waals surface area contributed by atoms with Gasteiger partial charge in [0.25, 0.3) is 0 Å². The van der Waals surface area contributed by atoms with Gasteiger partial charge in [0.15, 0.2) is 0 Å². The zero-order chi connectivity index (χ0) is 18.2. The SMILES string of the molecule is CC1=CC[C@H](/C(C)=N/NC(=O)CCC(=O)Nc2cccc(C)c2)CC1. The third-order valence-electron chi connectivity index (χ3n) is 4.47. The van der Waals surface area contributed by atoms with Gasteiger partial charge in [-0.2, -0.15) is 5.10 Å². The first-order chi connectivity index (χ1) is 11.9. The molecule has 1 aromatic carbocycles. The molecular formula is C20H27N3O2. The topological polar surface area (TPSA) is 70.6 Å². The number of hydrogen-bond donors (Lipinski definition) is 2. The van der Waals surface area contributed by atoms with Gasteiger partial charge in [0.05, 0.1) is 0 Å². The van der Waals surface area contributed by atoms with Gasteiger partial charge in [-0.3, -0.25) is 9.59 Å². The Morgan fingerprint density at radius 2 is 1.96 bits per heavy atom. The van der Waals surface area contributed by atoms with Crippen molar-refractivity contribution in [1.82, 2.24) is 5.43 Å². The van der Waals surface area contributed by atoms with E-state index < -0.39 is 0 Å². The van der Waals surface area contributed by atoms with Gasteiger partial charge >= 0.3 is 0 Å². The number of carbonyl (C=O) groups excluding carboxylic acids is 2. The Labute approximate surface area is 149 Å². The van der Waals surface area contributed by atoms with Crippen molar-refractivity contribution in [3.8, 4) is 0 Å². The summed E-state index contributed by atoms with van der Waals surface area (Å²) in [6, 6.07) is 7.58. The van der Waals surface area contributed by atoms with Gasteiger partial charge < -0.3 is 5.32 Å². The minimum atomic E-state index is -0.235. The van der Waals surface area contributed by atoms with Crippen LogP contribution in [-0.2, 0) is 9.59 Å². The second-order valence-electron chi connectivity index (χ2n) is 6.73. The molecule has 0 bridgehead atoms. The van der Waals surface area contributed by atoms with E-state index in [1.54, 1.807) is 0 Å². The maximum absolute atomic E-state index is 11.9. The number of nitrogens with one attached hydrogen (secondary N) is 2. The maximum Gasteiger partial charge on any atom is 0.240 e. The number of benzene rings is 1. The summed E-state index contributed by atoms with van der Waals surface area (Å²) in [5.74, 6) is -0.00997. The summed E-state index contributed by atoms with van der Waals surface area (Å²) in [4.78, 5) is 23.8. The number of amides is 2. The van der Waals surface area contributed by atoms with Crippen LogP contribution in [0.2, 0.25) is 0 Å². The highest BCUT2D eigenvalue weighted by atomic mass is 16.2. The molecule has 1 aromatic rings. The van der Waals surface area contributed by atoms with E-state index in [1.165, 1.54) is 5.57 Å². The van der Waals surface area contributed by atoms with Crippen molar-refractivity contribution in [2.45, 2.75) is 52.9 Å². The normalized spacial score (nSPS) is 17.6. The molecule has 25 heavy (non-hydrogen) atoms. The molecule has 0 unspecified atom stereocenters. The lowest BCUT2D eigenvalue weighted by Gasteiger charge is -2.20. The van der Waals surface area contributed by atoms with E-state index in [0.717, 1.165) is 36.2 Å². The number of aryl methyl sites for hydroxylation is 1. The number of allylic oxidation sites excluding steroid dienone is 2. The van der Waals surface area contributed by atoms with Crippen LogP contribution in [-0.4, -0.2) is 17.5 Å². The van der Waals surface area contributed by atoms with Crippen LogP contribution in [0, 0.1) is 12.8 Å². The van der Waals surface area contributed by atoms with Crippen LogP contribution in [0.3, 0.4) is 0 Å². The van der Waals surface area contributed by atoms with Gasteiger partial charge in [-0.1, -0.05) is 23.8 Å². The molecule has 0 saturated carbocycles. The summed E-state index contributed by atoms with van der Waals surface area (Å²) in [6.07, 6.45) is 5.65. The van der Waals surface area contributed by atoms with Gasteiger partial charge in [0.2, 0.25) is 11.8 Å². The lowest BCUT2D eigenvalue weighted by atomic mass is 9.87. The number of rotatable bonds is 6. The van der Waals surface area contributed by atoms with E-state index in [9.17, 15) is 9.59 Å². The highest BCUT2D eigenvalue weighted by Gasteiger charge is 2.15. The molecule has 0 fully saturated rings. The van der Waals surface area contributed by atoms with Gasteiger partial charge in [-0.05, 0) is 57.7 Å². The molecule has 0 aromatic heterocycles. The van der Waals surface area contributed by atoms with Crippen LogP contribution < -0.4 is 10.7 Å². The fraction of sp³-hybridized carbons (Fsp3) is 0.450. The molecule has 2 rings (SSSR count). The lowest BCUT2D eigenvalue weighted by Crippen LogP contribution is -2.24. The van der Waals surface area contributed by atoms with Gasteiger partial charge in [-0.25, -0.2) is 5.43 Å².